The Morgan fingerprint density at radius 2 is 2.50 bits per heavy atom. The Morgan fingerprint density at radius 3 is 2.90 bits per heavy atom. The predicted molar refractivity (Wildman–Crippen MR) is 40.8 cm³/mol. The van der Waals surface area contributed by atoms with Crippen LogP contribution in [0, 0.1) is 6.92 Å². The van der Waals surface area contributed by atoms with E-state index in [2.05, 4.69) is 10.1 Å². The second kappa shape index (κ2) is 2.79. The van der Waals surface area contributed by atoms with Gasteiger partial charge in [0.05, 0.1) is 21.8 Å². The molecule has 54 valence electrons. The lowest BCUT2D eigenvalue weighted by Crippen LogP contribution is -1.92. The van der Waals surface area contributed by atoms with Crippen molar-refractivity contribution in [3.8, 4) is 0 Å². The van der Waals surface area contributed by atoms with E-state index in [1.165, 1.54) is 11.3 Å². The number of thiazole rings is 1. The first-order chi connectivity index (χ1) is 4.75. The normalized spacial score (nSPS) is 12.0. The van der Waals surface area contributed by atoms with Crippen LogP contribution in [0.2, 0.25) is 0 Å². The Bertz CT molecular complexity index is 254. The van der Waals surface area contributed by atoms with E-state index in [1.807, 2.05) is 6.92 Å². The molecular formula is C6H8N2OS. The Hall–Kier alpha value is -0.900. The Morgan fingerprint density at radius 1 is 1.80 bits per heavy atom. The number of nitrogens with zero attached hydrogens (tertiary/aromatic N) is 2. The van der Waals surface area contributed by atoms with Crippen molar-refractivity contribution in [1.82, 2.24) is 4.98 Å². The second-order valence-corrected chi connectivity index (χ2v) is 2.81. The van der Waals surface area contributed by atoms with E-state index < -0.39 is 0 Å². The van der Waals surface area contributed by atoms with Gasteiger partial charge in [0.25, 0.3) is 0 Å². The number of oxime groups is 1. The summed E-state index contributed by atoms with van der Waals surface area (Å²) >= 11 is 1.48. The third-order valence-electron chi connectivity index (χ3n) is 1.22. The van der Waals surface area contributed by atoms with Gasteiger partial charge in [0.1, 0.15) is 0 Å². The van der Waals surface area contributed by atoms with Crippen molar-refractivity contribution in [2.24, 2.45) is 5.16 Å². The third-order valence-corrected chi connectivity index (χ3v) is 2.26. The van der Waals surface area contributed by atoms with Crippen LogP contribution in [-0.2, 0) is 0 Å². The third kappa shape index (κ3) is 1.16. The quantitative estimate of drug-likeness (QED) is 0.381. The van der Waals surface area contributed by atoms with E-state index in [-0.39, 0.29) is 0 Å². The fourth-order valence-corrected chi connectivity index (χ4v) is 1.45. The number of rotatable bonds is 1. The molecule has 0 aromatic carbocycles. The lowest BCUT2D eigenvalue weighted by atomic mass is 10.3. The Balaban J connectivity index is 3.05. The molecule has 1 N–H and O–H groups in total. The summed E-state index contributed by atoms with van der Waals surface area (Å²) in [4.78, 5) is 4.96. The van der Waals surface area contributed by atoms with Crippen molar-refractivity contribution in [3.05, 3.63) is 16.1 Å². The van der Waals surface area contributed by atoms with Gasteiger partial charge in [-0.05, 0) is 13.8 Å². The topological polar surface area (TPSA) is 45.5 Å². The second-order valence-electron chi connectivity index (χ2n) is 1.95. The first-order valence-electron chi connectivity index (χ1n) is 2.85. The molecule has 0 radical (unpaired) electrons. The van der Waals surface area contributed by atoms with Gasteiger partial charge < -0.3 is 5.21 Å². The average Bonchev–Trinajstić information content (AvgIpc) is 2.34. The van der Waals surface area contributed by atoms with Crippen LogP contribution < -0.4 is 0 Å². The molecule has 0 atom stereocenters. The molecule has 0 aliphatic heterocycles. The fourth-order valence-electron chi connectivity index (χ4n) is 0.695. The molecule has 3 nitrogen and oxygen atoms in total. The van der Waals surface area contributed by atoms with E-state index in [4.69, 9.17) is 5.21 Å². The molecule has 1 aromatic heterocycles. The minimum absolute atomic E-state index is 0.625. The van der Waals surface area contributed by atoms with E-state index in [1.54, 1.807) is 12.4 Å². The molecule has 0 unspecified atom stereocenters. The van der Waals surface area contributed by atoms with Crippen LogP contribution in [0.15, 0.2) is 10.7 Å². The molecule has 1 heterocycles. The minimum atomic E-state index is 0.625. The van der Waals surface area contributed by atoms with Crippen LogP contribution in [0.3, 0.4) is 0 Å². The molecule has 0 fully saturated rings. The van der Waals surface area contributed by atoms with Crippen molar-refractivity contribution < 1.29 is 5.21 Å². The zero-order valence-corrected chi connectivity index (χ0v) is 6.64. The van der Waals surface area contributed by atoms with Crippen LogP contribution >= 0.6 is 11.3 Å². The van der Waals surface area contributed by atoms with E-state index in [9.17, 15) is 0 Å². The number of hydrogen-bond acceptors (Lipinski definition) is 4. The van der Waals surface area contributed by atoms with Crippen molar-refractivity contribution in [2.45, 2.75) is 13.8 Å². The van der Waals surface area contributed by atoms with Gasteiger partial charge in [-0.1, -0.05) is 5.16 Å². The van der Waals surface area contributed by atoms with Gasteiger partial charge in [-0.2, -0.15) is 0 Å². The highest BCUT2D eigenvalue weighted by atomic mass is 32.1. The molecule has 4 heteroatoms. The number of hydrogen-bond donors (Lipinski definition) is 1. The van der Waals surface area contributed by atoms with E-state index in [0.717, 1.165) is 10.6 Å². The van der Waals surface area contributed by atoms with Gasteiger partial charge >= 0.3 is 0 Å². The molecule has 0 saturated heterocycles. The molecule has 1 rings (SSSR count). The van der Waals surface area contributed by atoms with Crippen LogP contribution in [0.1, 0.15) is 17.5 Å². The molecule has 0 bridgehead atoms. The fraction of sp³-hybridized carbons (Fsp3) is 0.333. The summed E-state index contributed by atoms with van der Waals surface area (Å²) in [5, 5.41) is 11.5. The summed E-state index contributed by atoms with van der Waals surface area (Å²) in [7, 11) is 0. The van der Waals surface area contributed by atoms with E-state index >= 15 is 0 Å². The van der Waals surface area contributed by atoms with Gasteiger partial charge in [0.2, 0.25) is 0 Å². The maximum absolute atomic E-state index is 8.40. The van der Waals surface area contributed by atoms with Crippen LogP contribution in [0.5, 0.6) is 0 Å². The van der Waals surface area contributed by atoms with Crippen LogP contribution in [-0.4, -0.2) is 15.9 Å². The molecule has 0 aliphatic rings. The minimum Gasteiger partial charge on any atom is -0.411 e. The summed E-state index contributed by atoms with van der Waals surface area (Å²) in [5.41, 5.74) is 3.28. The molecule has 10 heavy (non-hydrogen) atoms. The smallest absolute Gasteiger partial charge is 0.0955 e. The first-order valence-corrected chi connectivity index (χ1v) is 3.72. The van der Waals surface area contributed by atoms with Crippen molar-refractivity contribution in [1.29, 1.82) is 0 Å². The molecular weight excluding hydrogens is 148 g/mol. The van der Waals surface area contributed by atoms with Gasteiger partial charge in [0.15, 0.2) is 0 Å². The number of aromatic nitrogens is 1. The van der Waals surface area contributed by atoms with Crippen molar-refractivity contribution in [2.75, 3.05) is 0 Å². The van der Waals surface area contributed by atoms with E-state index in [0.29, 0.717) is 5.71 Å². The summed E-state index contributed by atoms with van der Waals surface area (Å²) in [6.07, 6.45) is 0. The monoisotopic (exact) mass is 156 g/mol. The first kappa shape index (κ1) is 7.21. The van der Waals surface area contributed by atoms with Crippen LogP contribution in [0.25, 0.3) is 0 Å². The molecule has 0 aliphatic carbocycles. The van der Waals surface area contributed by atoms with Crippen molar-refractivity contribution >= 4 is 17.0 Å². The zero-order chi connectivity index (χ0) is 7.56. The highest BCUT2D eigenvalue weighted by molar-refractivity contribution is 7.12. The molecule has 0 spiro atoms. The average molecular weight is 156 g/mol. The maximum atomic E-state index is 8.40. The Kier molecular flexibility index (Phi) is 2.01. The summed E-state index contributed by atoms with van der Waals surface area (Å²) in [6, 6.07) is 0. The summed E-state index contributed by atoms with van der Waals surface area (Å²) in [6.45, 7) is 3.64. The van der Waals surface area contributed by atoms with Gasteiger partial charge in [-0.3, -0.25) is 0 Å². The highest BCUT2D eigenvalue weighted by Gasteiger charge is 2.03. The lowest BCUT2D eigenvalue weighted by molar-refractivity contribution is 0.319. The van der Waals surface area contributed by atoms with Gasteiger partial charge in [-0.15, -0.1) is 11.3 Å². The van der Waals surface area contributed by atoms with Crippen molar-refractivity contribution in [3.63, 3.8) is 0 Å². The van der Waals surface area contributed by atoms with Gasteiger partial charge in [-0.25, -0.2) is 4.98 Å². The SMILES string of the molecule is C/C(=N\O)c1scnc1C. The standard InChI is InChI=1S/C6H8N2OS/c1-4-6(5(2)8-9)10-3-7-4/h3,9H,1-2H3/b8-5+. The molecule has 0 saturated carbocycles. The predicted octanol–water partition coefficient (Wildman–Crippen LogP) is 1.65. The van der Waals surface area contributed by atoms with Gasteiger partial charge in [0, 0.05) is 0 Å². The summed E-state index contributed by atoms with van der Waals surface area (Å²) in [5.74, 6) is 0. The molecule has 1 aromatic rings. The number of aryl methyl sites for hydroxylation is 1. The van der Waals surface area contributed by atoms with Crippen LogP contribution in [0.4, 0.5) is 0 Å². The Labute approximate surface area is 63.0 Å². The zero-order valence-electron chi connectivity index (χ0n) is 5.83. The lowest BCUT2D eigenvalue weighted by Gasteiger charge is -1.91. The largest absolute Gasteiger partial charge is 0.411 e. The summed E-state index contributed by atoms with van der Waals surface area (Å²) < 4.78 is 0. The maximum Gasteiger partial charge on any atom is 0.0955 e. The highest BCUT2D eigenvalue weighted by Crippen LogP contribution is 2.12. The molecule has 0 amide bonds.